The Labute approximate surface area is 198 Å². The normalized spacial score (nSPS) is 19.2. The molecule has 8 heteroatoms. The second-order valence-electron chi connectivity index (χ2n) is 8.98. The van der Waals surface area contributed by atoms with Gasteiger partial charge in [-0.05, 0) is 50.3 Å². The number of carboxylic acid groups (broad SMARTS) is 1. The maximum atomic E-state index is 12.2. The van der Waals surface area contributed by atoms with Gasteiger partial charge in [-0.1, -0.05) is 44.0 Å². The second kappa shape index (κ2) is 8.56. The van der Waals surface area contributed by atoms with Gasteiger partial charge in [-0.15, -0.1) is 0 Å². The molecule has 0 saturated carbocycles. The molecule has 0 radical (unpaired) electrons. The lowest BCUT2D eigenvalue weighted by atomic mass is 9.77. The summed E-state index contributed by atoms with van der Waals surface area (Å²) in [4.78, 5) is 19.2. The molecule has 1 unspecified atom stereocenters. The van der Waals surface area contributed by atoms with E-state index in [4.69, 9.17) is 33.3 Å². The van der Waals surface area contributed by atoms with Gasteiger partial charge in [-0.25, -0.2) is 4.98 Å². The average Bonchev–Trinajstić information content (AvgIpc) is 3.15. The van der Waals surface area contributed by atoms with E-state index in [2.05, 4.69) is 18.7 Å². The Bertz CT molecular complexity index is 1190. The fourth-order valence-corrected chi connectivity index (χ4v) is 5.36. The van der Waals surface area contributed by atoms with E-state index < -0.39 is 11.4 Å². The molecular formula is C24H28Cl2N4O2. The summed E-state index contributed by atoms with van der Waals surface area (Å²) in [5.41, 5.74) is 3.46. The van der Waals surface area contributed by atoms with Gasteiger partial charge in [0.15, 0.2) is 5.65 Å². The van der Waals surface area contributed by atoms with Crippen LogP contribution in [0.1, 0.15) is 57.2 Å². The summed E-state index contributed by atoms with van der Waals surface area (Å²) in [6.45, 7) is 9.47. The van der Waals surface area contributed by atoms with Gasteiger partial charge in [0.25, 0.3) is 0 Å². The molecular weight excluding hydrogens is 447 g/mol. The van der Waals surface area contributed by atoms with E-state index in [-0.39, 0.29) is 5.92 Å². The lowest BCUT2D eigenvalue weighted by molar-refractivity contribution is -0.149. The van der Waals surface area contributed by atoms with Crippen LogP contribution in [0.2, 0.25) is 10.0 Å². The summed E-state index contributed by atoms with van der Waals surface area (Å²) in [6.07, 6.45) is 2.09. The van der Waals surface area contributed by atoms with Crippen molar-refractivity contribution in [2.45, 2.75) is 52.9 Å². The number of rotatable bonds is 5. The number of halogens is 2. The molecule has 6 nitrogen and oxygen atoms in total. The number of anilines is 1. The highest BCUT2D eigenvalue weighted by molar-refractivity contribution is 6.36. The third-order valence-corrected chi connectivity index (χ3v) is 7.14. The zero-order chi connectivity index (χ0) is 23.2. The van der Waals surface area contributed by atoms with Gasteiger partial charge in [0.1, 0.15) is 5.82 Å². The molecule has 1 N–H and O–H groups in total. The van der Waals surface area contributed by atoms with Crippen molar-refractivity contribution in [1.82, 2.24) is 14.6 Å². The zero-order valence-corrected chi connectivity index (χ0v) is 20.3. The number of carboxylic acids is 1. The Morgan fingerprint density at radius 1 is 1.28 bits per heavy atom. The first kappa shape index (κ1) is 22.9. The van der Waals surface area contributed by atoms with Crippen LogP contribution in [0.5, 0.6) is 0 Å². The van der Waals surface area contributed by atoms with E-state index in [1.165, 1.54) is 0 Å². The standard InChI is InChI=1S/C24H28Cl2N4O2/c1-5-24(23(31)32)9-6-10-29(13-24)22-21(14(2)3)15(4)27-20-12-19(28-30(20)22)17-8-7-16(25)11-18(17)26/h7-8,11-12,14H,5-6,9-10,13H2,1-4H3,(H,31,32). The second-order valence-corrected chi connectivity index (χ2v) is 9.82. The van der Waals surface area contributed by atoms with Gasteiger partial charge in [-0.2, -0.15) is 9.61 Å². The van der Waals surface area contributed by atoms with Crippen molar-refractivity contribution in [3.05, 3.63) is 45.6 Å². The average molecular weight is 475 g/mol. The fourth-order valence-electron chi connectivity index (χ4n) is 4.85. The third kappa shape index (κ3) is 3.84. The number of hydrogen-bond donors (Lipinski definition) is 1. The monoisotopic (exact) mass is 474 g/mol. The van der Waals surface area contributed by atoms with Crippen LogP contribution in [-0.4, -0.2) is 38.8 Å². The molecule has 2 aromatic heterocycles. The lowest BCUT2D eigenvalue weighted by Gasteiger charge is -2.41. The number of carbonyl (C=O) groups is 1. The molecule has 4 rings (SSSR count). The molecule has 1 saturated heterocycles. The van der Waals surface area contributed by atoms with Crippen molar-refractivity contribution in [3.8, 4) is 11.3 Å². The van der Waals surface area contributed by atoms with Crippen LogP contribution in [0.4, 0.5) is 5.82 Å². The Kier molecular flexibility index (Phi) is 6.12. The van der Waals surface area contributed by atoms with Crippen LogP contribution in [0.15, 0.2) is 24.3 Å². The minimum Gasteiger partial charge on any atom is -0.481 e. The first-order valence-corrected chi connectivity index (χ1v) is 11.8. The molecule has 0 spiro atoms. The van der Waals surface area contributed by atoms with Crippen molar-refractivity contribution in [1.29, 1.82) is 0 Å². The topological polar surface area (TPSA) is 70.7 Å². The van der Waals surface area contributed by atoms with Gasteiger partial charge < -0.3 is 10.0 Å². The number of aromatic nitrogens is 3. The first-order chi connectivity index (χ1) is 15.2. The predicted molar refractivity (Wildman–Crippen MR) is 129 cm³/mol. The van der Waals surface area contributed by atoms with Crippen LogP contribution in [0.3, 0.4) is 0 Å². The highest BCUT2D eigenvalue weighted by Crippen LogP contribution is 2.40. The smallest absolute Gasteiger partial charge is 0.311 e. The Morgan fingerprint density at radius 3 is 2.66 bits per heavy atom. The van der Waals surface area contributed by atoms with Crippen molar-refractivity contribution in [3.63, 3.8) is 0 Å². The van der Waals surface area contributed by atoms with E-state index in [9.17, 15) is 9.90 Å². The van der Waals surface area contributed by atoms with Crippen LogP contribution in [0.25, 0.3) is 16.9 Å². The summed E-state index contributed by atoms with van der Waals surface area (Å²) in [7, 11) is 0. The van der Waals surface area contributed by atoms with Crippen LogP contribution < -0.4 is 4.90 Å². The summed E-state index contributed by atoms with van der Waals surface area (Å²) >= 11 is 12.5. The van der Waals surface area contributed by atoms with Crippen LogP contribution in [-0.2, 0) is 4.79 Å². The van der Waals surface area contributed by atoms with E-state index in [0.29, 0.717) is 40.8 Å². The van der Waals surface area contributed by atoms with Crippen LogP contribution >= 0.6 is 23.2 Å². The van der Waals surface area contributed by atoms with Gasteiger partial charge in [0, 0.05) is 41.0 Å². The molecule has 0 amide bonds. The van der Waals surface area contributed by atoms with Crippen LogP contribution in [0, 0.1) is 12.3 Å². The highest BCUT2D eigenvalue weighted by Gasteiger charge is 2.42. The van der Waals surface area contributed by atoms with Gasteiger partial charge >= 0.3 is 5.97 Å². The quantitative estimate of drug-likeness (QED) is 0.475. The first-order valence-electron chi connectivity index (χ1n) is 11.0. The molecule has 0 bridgehead atoms. The molecule has 0 aliphatic carbocycles. The fraction of sp³-hybridized carbons (Fsp3) is 0.458. The summed E-state index contributed by atoms with van der Waals surface area (Å²) in [6, 6.07) is 7.27. The maximum absolute atomic E-state index is 12.2. The van der Waals surface area contributed by atoms with Crippen molar-refractivity contribution in [2.24, 2.45) is 5.41 Å². The molecule has 32 heavy (non-hydrogen) atoms. The van der Waals surface area contributed by atoms with Crippen molar-refractivity contribution >= 4 is 40.6 Å². The van der Waals surface area contributed by atoms with E-state index >= 15 is 0 Å². The van der Waals surface area contributed by atoms with E-state index in [0.717, 1.165) is 35.6 Å². The van der Waals surface area contributed by atoms with E-state index in [1.54, 1.807) is 12.1 Å². The van der Waals surface area contributed by atoms with Crippen molar-refractivity contribution in [2.75, 3.05) is 18.0 Å². The number of aryl methyl sites for hydroxylation is 1. The summed E-state index contributed by atoms with van der Waals surface area (Å²) in [5.74, 6) is 0.404. The number of piperidine rings is 1. The largest absolute Gasteiger partial charge is 0.481 e. The Morgan fingerprint density at radius 2 is 2.03 bits per heavy atom. The Balaban J connectivity index is 1.92. The molecule has 1 fully saturated rings. The predicted octanol–water partition coefficient (Wildman–Crippen LogP) is 6.22. The molecule has 3 heterocycles. The highest BCUT2D eigenvalue weighted by atomic mass is 35.5. The molecule has 1 aromatic carbocycles. The minimum absolute atomic E-state index is 0.205. The third-order valence-electron chi connectivity index (χ3n) is 6.60. The number of nitrogens with zero attached hydrogens (tertiary/aromatic N) is 4. The van der Waals surface area contributed by atoms with Gasteiger partial charge in [0.2, 0.25) is 0 Å². The molecule has 170 valence electrons. The van der Waals surface area contributed by atoms with Gasteiger partial charge in [-0.3, -0.25) is 4.79 Å². The summed E-state index contributed by atoms with van der Waals surface area (Å²) in [5, 5.41) is 16.0. The number of hydrogen-bond acceptors (Lipinski definition) is 4. The number of fused-ring (bicyclic) bond motifs is 1. The summed E-state index contributed by atoms with van der Waals surface area (Å²) < 4.78 is 1.86. The molecule has 1 aliphatic rings. The molecule has 1 aliphatic heterocycles. The molecule has 3 aromatic rings. The number of benzene rings is 1. The minimum atomic E-state index is -0.758. The van der Waals surface area contributed by atoms with E-state index in [1.807, 2.05) is 30.5 Å². The zero-order valence-electron chi connectivity index (χ0n) is 18.8. The SMILES string of the molecule is CCC1(C(=O)O)CCCN(c2c(C(C)C)c(C)nc3cc(-c4ccc(Cl)cc4Cl)nn23)C1. The maximum Gasteiger partial charge on any atom is 0.311 e. The number of aliphatic carboxylic acids is 1. The molecule has 1 atom stereocenters. The Hall–Kier alpha value is -2.31. The van der Waals surface area contributed by atoms with Crippen molar-refractivity contribution < 1.29 is 9.90 Å². The van der Waals surface area contributed by atoms with Gasteiger partial charge in [0.05, 0.1) is 16.1 Å². The lowest BCUT2D eigenvalue weighted by Crippen LogP contribution is -2.48.